The minimum Gasteiger partial charge on any atom is -0.393 e. The Balaban J connectivity index is 3.31. The van der Waals surface area contributed by atoms with Gasteiger partial charge < -0.3 is 4.74 Å². The maximum absolute atomic E-state index is 11.8. The van der Waals surface area contributed by atoms with E-state index in [4.69, 9.17) is 4.74 Å². The minimum absolute atomic E-state index is 0.334. The maximum atomic E-state index is 11.8. The first-order valence-electron chi connectivity index (χ1n) is 13.1. The molecule has 0 unspecified atom stereocenters. The molecule has 0 bridgehead atoms. The van der Waals surface area contributed by atoms with Crippen LogP contribution in [0.5, 0.6) is 0 Å². The van der Waals surface area contributed by atoms with E-state index in [1.165, 1.54) is 100 Å². The van der Waals surface area contributed by atoms with E-state index < -0.39 is 0 Å². The highest BCUT2D eigenvalue weighted by Gasteiger charge is 2.09. The predicted octanol–water partition coefficient (Wildman–Crippen LogP) is 8.58. The Morgan fingerprint density at radius 2 is 0.774 bits per heavy atom. The third-order valence-corrected chi connectivity index (χ3v) is 7.45. The lowest BCUT2D eigenvalue weighted by Crippen LogP contribution is -2.11. The molecule has 0 amide bonds. The molecule has 0 saturated carbocycles. The van der Waals surface area contributed by atoms with E-state index in [0.29, 0.717) is 12.8 Å². The van der Waals surface area contributed by atoms with Crippen molar-refractivity contribution in [2.45, 2.75) is 129 Å². The van der Waals surface area contributed by atoms with E-state index >= 15 is 0 Å². The van der Waals surface area contributed by atoms with E-state index in [2.05, 4.69) is 13.8 Å². The standard InChI is InChI=1S/C26H50O3S2/c1-3-30-23-19-15-11-7-5-9-13-17-21-25(27)29-26(28)22-18-14-10-6-8-12-16-20-24-31-4-2/h3-24H2,1-2H3. The monoisotopic (exact) mass is 474 g/mol. The van der Waals surface area contributed by atoms with Gasteiger partial charge in [0.2, 0.25) is 0 Å². The smallest absolute Gasteiger partial charge is 0.313 e. The molecule has 0 aliphatic carbocycles. The Morgan fingerprint density at radius 1 is 0.484 bits per heavy atom. The largest absolute Gasteiger partial charge is 0.393 e. The summed E-state index contributed by atoms with van der Waals surface area (Å²) in [7, 11) is 0. The lowest BCUT2D eigenvalue weighted by atomic mass is 10.1. The molecule has 5 heteroatoms. The van der Waals surface area contributed by atoms with Crippen LogP contribution in [0, 0.1) is 0 Å². The van der Waals surface area contributed by atoms with E-state index in [9.17, 15) is 9.59 Å². The van der Waals surface area contributed by atoms with Crippen molar-refractivity contribution >= 4 is 35.5 Å². The molecule has 0 aliphatic heterocycles. The van der Waals surface area contributed by atoms with Gasteiger partial charge in [-0.3, -0.25) is 9.59 Å². The molecule has 0 spiro atoms. The zero-order valence-corrected chi connectivity index (χ0v) is 22.2. The average Bonchev–Trinajstić information content (AvgIpc) is 2.75. The van der Waals surface area contributed by atoms with E-state index in [-0.39, 0.29) is 11.9 Å². The van der Waals surface area contributed by atoms with Gasteiger partial charge >= 0.3 is 11.9 Å². The molecule has 3 nitrogen and oxygen atoms in total. The van der Waals surface area contributed by atoms with Gasteiger partial charge in [-0.1, -0.05) is 90.9 Å². The highest BCUT2D eigenvalue weighted by molar-refractivity contribution is 7.99. The molecule has 0 aromatic heterocycles. The number of thioether (sulfide) groups is 2. The van der Waals surface area contributed by atoms with Crippen molar-refractivity contribution in [1.82, 2.24) is 0 Å². The second-order valence-electron chi connectivity index (χ2n) is 8.40. The van der Waals surface area contributed by atoms with E-state index in [0.717, 1.165) is 25.7 Å². The topological polar surface area (TPSA) is 43.4 Å². The molecule has 0 radical (unpaired) electrons. The number of esters is 2. The normalized spacial score (nSPS) is 11.0. The SMILES string of the molecule is CCSCCCCCCCCCCC(=O)OC(=O)CCCCCCCCCCSCC. The fraction of sp³-hybridized carbons (Fsp3) is 0.923. The molecule has 0 aromatic rings. The van der Waals surface area contributed by atoms with Gasteiger partial charge in [-0.05, 0) is 48.7 Å². The number of rotatable bonds is 24. The Kier molecular flexibility index (Phi) is 26.0. The van der Waals surface area contributed by atoms with E-state index in [1.54, 1.807) is 0 Å². The molecule has 0 N–H and O–H groups in total. The van der Waals surface area contributed by atoms with Gasteiger partial charge in [0.15, 0.2) is 0 Å². The van der Waals surface area contributed by atoms with Crippen molar-refractivity contribution in [3.05, 3.63) is 0 Å². The summed E-state index contributed by atoms with van der Waals surface area (Å²) in [4.78, 5) is 23.5. The second kappa shape index (κ2) is 26.1. The lowest BCUT2D eigenvalue weighted by Gasteiger charge is -2.04. The number of unbranched alkanes of at least 4 members (excludes halogenated alkanes) is 14. The van der Waals surface area contributed by atoms with Crippen LogP contribution in [-0.4, -0.2) is 35.0 Å². The maximum Gasteiger partial charge on any atom is 0.313 e. The van der Waals surface area contributed by atoms with Gasteiger partial charge in [0.05, 0.1) is 0 Å². The first kappa shape index (κ1) is 30.8. The van der Waals surface area contributed by atoms with Crippen LogP contribution in [0.2, 0.25) is 0 Å². The Morgan fingerprint density at radius 3 is 1.10 bits per heavy atom. The molecule has 0 aromatic carbocycles. The molecular formula is C26H50O3S2. The molecule has 0 saturated heterocycles. The number of ether oxygens (including phenoxy) is 1. The van der Waals surface area contributed by atoms with Crippen LogP contribution in [0.1, 0.15) is 129 Å². The van der Waals surface area contributed by atoms with Crippen LogP contribution in [0.15, 0.2) is 0 Å². The van der Waals surface area contributed by atoms with Crippen LogP contribution in [0.3, 0.4) is 0 Å². The third kappa shape index (κ3) is 26.0. The van der Waals surface area contributed by atoms with Crippen molar-refractivity contribution in [3.63, 3.8) is 0 Å². The Bertz CT molecular complexity index is 366. The molecule has 31 heavy (non-hydrogen) atoms. The van der Waals surface area contributed by atoms with Gasteiger partial charge in [-0.25, -0.2) is 0 Å². The van der Waals surface area contributed by atoms with Crippen LogP contribution in [0.25, 0.3) is 0 Å². The summed E-state index contributed by atoms with van der Waals surface area (Å²) >= 11 is 4.06. The van der Waals surface area contributed by atoms with Crippen LogP contribution < -0.4 is 0 Å². The summed E-state index contributed by atoms with van der Waals surface area (Å²) in [6, 6.07) is 0. The molecule has 0 aliphatic rings. The molecular weight excluding hydrogens is 424 g/mol. The summed E-state index contributed by atoms with van der Waals surface area (Å²) in [5, 5.41) is 0. The van der Waals surface area contributed by atoms with Crippen LogP contribution >= 0.6 is 23.5 Å². The third-order valence-electron chi connectivity index (χ3n) is 5.48. The van der Waals surface area contributed by atoms with Gasteiger partial charge in [0.1, 0.15) is 0 Å². The van der Waals surface area contributed by atoms with Gasteiger partial charge in [-0.2, -0.15) is 23.5 Å². The quantitative estimate of drug-likeness (QED) is 0.0796. The predicted molar refractivity (Wildman–Crippen MR) is 140 cm³/mol. The number of hydrogen-bond donors (Lipinski definition) is 0. The summed E-state index contributed by atoms with van der Waals surface area (Å²) in [6.07, 6.45) is 20.1. The van der Waals surface area contributed by atoms with Crippen LogP contribution in [-0.2, 0) is 14.3 Å². The first-order valence-corrected chi connectivity index (χ1v) is 15.4. The summed E-state index contributed by atoms with van der Waals surface area (Å²) in [5.74, 6) is 4.39. The molecule has 0 heterocycles. The molecule has 0 fully saturated rings. The molecule has 184 valence electrons. The van der Waals surface area contributed by atoms with Crippen LogP contribution in [0.4, 0.5) is 0 Å². The van der Waals surface area contributed by atoms with Crippen molar-refractivity contribution in [3.8, 4) is 0 Å². The zero-order valence-electron chi connectivity index (χ0n) is 20.6. The number of hydrogen-bond acceptors (Lipinski definition) is 5. The van der Waals surface area contributed by atoms with Crippen molar-refractivity contribution < 1.29 is 14.3 Å². The molecule has 0 rings (SSSR count). The van der Waals surface area contributed by atoms with Gasteiger partial charge in [-0.15, -0.1) is 0 Å². The van der Waals surface area contributed by atoms with Crippen molar-refractivity contribution in [2.24, 2.45) is 0 Å². The number of carbonyl (C=O) groups is 2. The summed E-state index contributed by atoms with van der Waals surface area (Å²) < 4.78 is 4.95. The minimum atomic E-state index is -0.334. The Labute approximate surface area is 202 Å². The second-order valence-corrected chi connectivity index (χ2v) is 11.2. The summed E-state index contributed by atoms with van der Waals surface area (Å²) in [6.45, 7) is 4.44. The van der Waals surface area contributed by atoms with E-state index in [1.807, 2.05) is 23.5 Å². The first-order chi connectivity index (χ1) is 15.2. The van der Waals surface area contributed by atoms with Gasteiger partial charge in [0, 0.05) is 12.8 Å². The highest BCUT2D eigenvalue weighted by Crippen LogP contribution is 2.13. The lowest BCUT2D eigenvalue weighted by molar-refractivity contribution is -0.159. The van der Waals surface area contributed by atoms with Crippen molar-refractivity contribution in [2.75, 3.05) is 23.0 Å². The fourth-order valence-electron chi connectivity index (χ4n) is 3.59. The van der Waals surface area contributed by atoms with Crippen molar-refractivity contribution in [1.29, 1.82) is 0 Å². The summed E-state index contributed by atoms with van der Waals surface area (Å²) in [5.41, 5.74) is 0. The van der Waals surface area contributed by atoms with Gasteiger partial charge in [0.25, 0.3) is 0 Å². The average molecular weight is 475 g/mol. The highest BCUT2D eigenvalue weighted by atomic mass is 32.2. The fourth-order valence-corrected chi connectivity index (χ4v) is 4.98. The Hall–Kier alpha value is -0.160. The molecule has 0 atom stereocenters. The number of carbonyl (C=O) groups excluding carboxylic acids is 2. The zero-order chi connectivity index (χ0) is 22.8.